The van der Waals surface area contributed by atoms with Gasteiger partial charge in [-0.1, -0.05) is 0 Å². The standard InChI is InChI=1S/C13H8F2N4O2.ClH/c14-6-4-10(7(15)3-8(6)16)21-9-1-2-17-13-12(9)18-5-11(20)19-13;/h1-5H,16H2,(H,17,19,20);1H. The van der Waals surface area contributed by atoms with E-state index in [0.29, 0.717) is 0 Å². The number of benzene rings is 1. The molecular weight excluding hydrogens is 318 g/mol. The number of anilines is 1. The first-order valence-corrected chi connectivity index (χ1v) is 5.81. The lowest BCUT2D eigenvalue weighted by Crippen LogP contribution is -2.06. The summed E-state index contributed by atoms with van der Waals surface area (Å²) in [7, 11) is 0. The molecule has 0 amide bonds. The maximum absolute atomic E-state index is 13.7. The molecule has 0 aliphatic rings. The first-order valence-electron chi connectivity index (χ1n) is 5.81. The normalized spacial score (nSPS) is 10.3. The maximum atomic E-state index is 13.7. The summed E-state index contributed by atoms with van der Waals surface area (Å²) in [5.74, 6) is -1.84. The molecule has 3 aromatic rings. The van der Waals surface area contributed by atoms with Crippen LogP contribution in [-0.2, 0) is 0 Å². The highest BCUT2D eigenvalue weighted by atomic mass is 35.5. The van der Waals surface area contributed by atoms with Gasteiger partial charge in [-0.3, -0.25) is 4.79 Å². The molecular formula is C13H9ClF2N4O2. The Labute approximate surface area is 128 Å². The third-order valence-corrected chi connectivity index (χ3v) is 2.71. The SMILES string of the molecule is Cl.Nc1cc(F)c(Oc2ccnc3[nH]c(=O)cnc23)cc1F. The molecule has 0 spiro atoms. The lowest BCUT2D eigenvalue weighted by molar-refractivity contribution is 0.440. The van der Waals surface area contributed by atoms with Gasteiger partial charge in [-0.2, -0.15) is 0 Å². The van der Waals surface area contributed by atoms with Gasteiger partial charge < -0.3 is 15.5 Å². The number of nitrogen functional groups attached to an aromatic ring is 1. The number of aromatic amines is 1. The summed E-state index contributed by atoms with van der Waals surface area (Å²) in [6, 6.07) is 3.08. The van der Waals surface area contributed by atoms with Crippen molar-refractivity contribution in [3.05, 3.63) is 52.6 Å². The molecule has 22 heavy (non-hydrogen) atoms. The lowest BCUT2D eigenvalue weighted by atomic mass is 10.3. The first kappa shape index (κ1) is 15.6. The zero-order chi connectivity index (χ0) is 15.0. The Morgan fingerprint density at radius 1 is 1.14 bits per heavy atom. The van der Waals surface area contributed by atoms with Gasteiger partial charge in [0.25, 0.3) is 5.56 Å². The lowest BCUT2D eigenvalue weighted by Gasteiger charge is -2.09. The van der Waals surface area contributed by atoms with E-state index in [0.717, 1.165) is 18.3 Å². The second kappa shape index (κ2) is 5.94. The molecule has 1 aromatic carbocycles. The van der Waals surface area contributed by atoms with E-state index in [-0.39, 0.29) is 40.8 Å². The fraction of sp³-hybridized carbons (Fsp3) is 0. The second-order valence-electron chi connectivity index (χ2n) is 4.16. The quantitative estimate of drug-likeness (QED) is 0.705. The van der Waals surface area contributed by atoms with Crippen LogP contribution >= 0.6 is 12.4 Å². The van der Waals surface area contributed by atoms with Crippen LogP contribution in [0.1, 0.15) is 0 Å². The molecule has 0 atom stereocenters. The number of fused-ring (bicyclic) bond motifs is 1. The maximum Gasteiger partial charge on any atom is 0.268 e. The highest BCUT2D eigenvalue weighted by molar-refractivity contribution is 5.85. The highest BCUT2D eigenvalue weighted by Crippen LogP contribution is 2.30. The van der Waals surface area contributed by atoms with Gasteiger partial charge >= 0.3 is 0 Å². The van der Waals surface area contributed by atoms with E-state index in [9.17, 15) is 13.6 Å². The Balaban J connectivity index is 0.00000176. The smallest absolute Gasteiger partial charge is 0.268 e. The summed E-state index contributed by atoms with van der Waals surface area (Å²) in [5, 5.41) is 0. The van der Waals surface area contributed by atoms with E-state index >= 15 is 0 Å². The van der Waals surface area contributed by atoms with Crippen molar-refractivity contribution in [2.45, 2.75) is 0 Å². The van der Waals surface area contributed by atoms with E-state index in [1.165, 1.54) is 12.3 Å². The predicted molar refractivity (Wildman–Crippen MR) is 78.3 cm³/mol. The molecule has 0 fully saturated rings. The van der Waals surface area contributed by atoms with Crippen LogP contribution in [0.5, 0.6) is 11.5 Å². The summed E-state index contributed by atoms with van der Waals surface area (Å²) < 4.78 is 32.4. The van der Waals surface area contributed by atoms with Gasteiger partial charge in [0.15, 0.2) is 23.0 Å². The molecule has 0 saturated carbocycles. The third kappa shape index (κ3) is 2.82. The zero-order valence-corrected chi connectivity index (χ0v) is 11.7. The first-order chi connectivity index (χ1) is 10.0. The molecule has 9 heteroatoms. The van der Waals surface area contributed by atoms with Gasteiger partial charge in [-0.15, -0.1) is 12.4 Å². The number of H-pyrrole nitrogens is 1. The van der Waals surface area contributed by atoms with Crippen LogP contribution in [0.2, 0.25) is 0 Å². The van der Waals surface area contributed by atoms with Crippen molar-refractivity contribution in [3.8, 4) is 11.5 Å². The molecule has 0 unspecified atom stereocenters. The monoisotopic (exact) mass is 326 g/mol. The van der Waals surface area contributed by atoms with Crippen LogP contribution in [-0.4, -0.2) is 15.0 Å². The average Bonchev–Trinajstić information content (AvgIpc) is 2.44. The average molecular weight is 327 g/mol. The summed E-state index contributed by atoms with van der Waals surface area (Å²) in [5.41, 5.74) is 4.90. The van der Waals surface area contributed by atoms with Crippen LogP contribution in [0.25, 0.3) is 11.2 Å². The number of ether oxygens (including phenoxy) is 1. The van der Waals surface area contributed by atoms with Gasteiger partial charge in [-0.25, -0.2) is 18.7 Å². The molecule has 0 saturated heterocycles. The van der Waals surface area contributed by atoms with Crippen LogP contribution in [0.3, 0.4) is 0 Å². The number of nitrogens with two attached hydrogens (primary N) is 1. The molecule has 3 rings (SSSR count). The number of nitrogens with zero attached hydrogens (tertiary/aromatic N) is 2. The number of halogens is 3. The highest BCUT2D eigenvalue weighted by Gasteiger charge is 2.12. The zero-order valence-electron chi connectivity index (χ0n) is 10.8. The molecule has 0 radical (unpaired) electrons. The summed E-state index contributed by atoms with van der Waals surface area (Å²) in [6.45, 7) is 0. The fourth-order valence-corrected chi connectivity index (χ4v) is 1.75. The van der Waals surface area contributed by atoms with Crippen LogP contribution in [0.15, 0.2) is 35.4 Å². The van der Waals surface area contributed by atoms with Crippen molar-refractivity contribution in [3.63, 3.8) is 0 Å². The molecule has 2 aromatic heterocycles. The van der Waals surface area contributed by atoms with Crippen molar-refractivity contribution < 1.29 is 13.5 Å². The van der Waals surface area contributed by atoms with Crippen molar-refractivity contribution in [1.29, 1.82) is 0 Å². The van der Waals surface area contributed by atoms with Gasteiger partial charge in [0.05, 0.1) is 11.9 Å². The Kier molecular flexibility index (Phi) is 4.22. The van der Waals surface area contributed by atoms with Gasteiger partial charge in [0.1, 0.15) is 11.3 Å². The van der Waals surface area contributed by atoms with Crippen molar-refractivity contribution in [1.82, 2.24) is 15.0 Å². The minimum atomic E-state index is -0.816. The molecule has 2 heterocycles. The number of hydrogen-bond acceptors (Lipinski definition) is 5. The molecule has 114 valence electrons. The largest absolute Gasteiger partial charge is 0.452 e. The number of hydrogen-bond donors (Lipinski definition) is 2. The van der Waals surface area contributed by atoms with Crippen LogP contribution in [0.4, 0.5) is 14.5 Å². The van der Waals surface area contributed by atoms with Crippen LogP contribution in [0, 0.1) is 11.6 Å². The number of aromatic nitrogens is 3. The second-order valence-corrected chi connectivity index (χ2v) is 4.16. The Morgan fingerprint density at radius 3 is 2.68 bits per heavy atom. The van der Waals surface area contributed by atoms with E-state index < -0.39 is 17.2 Å². The van der Waals surface area contributed by atoms with Gasteiger partial charge in [0.2, 0.25) is 0 Å². The Hall–Kier alpha value is -2.74. The number of nitrogens with one attached hydrogen (secondary N) is 1. The minimum Gasteiger partial charge on any atom is -0.452 e. The molecule has 0 aliphatic carbocycles. The summed E-state index contributed by atoms with van der Waals surface area (Å²) >= 11 is 0. The molecule has 3 N–H and O–H groups in total. The van der Waals surface area contributed by atoms with E-state index in [1.807, 2.05) is 0 Å². The Bertz CT molecular complexity index is 901. The van der Waals surface area contributed by atoms with Crippen molar-refractivity contribution in [2.24, 2.45) is 0 Å². The molecule has 6 nitrogen and oxygen atoms in total. The number of pyridine rings is 1. The Morgan fingerprint density at radius 2 is 1.91 bits per heavy atom. The van der Waals surface area contributed by atoms with Crippen LogP contribution < -0.4 is 16.0 Å². The number of rotatable bonds is 2. The van der Waals surface area contributed by atoms with E-state index in [1.54, 1.807) is 0 Å². The third-order valence-electron chi connectivity index (χ3n) is 2.71. The molecule has 0 aliphatic heterocycles. The van der Waals surface area contributed by atoms with Crippen molar-refractivity contribution in [2.75, 3.05) is 5.73 Å². The van der Waals surface area contributed by atoms with E-state index in [4.69, 9.17) is 10.5 Å². The summed E-state index contributed by atoms with van der Waals surface area (Å²) in [6.07, 6.45) is 2.39. The van der Waals surface area contributed by atoms with Gasteiger partial charge in [0, 0.05) is 24.4 Å². The fourth-order valence-electron chi connectivity index (χ4n) is 1.75. The van der Waals surface area contributed by atoms with Crippen molar-refractivity contribution >= 4 is 29.3 Å². The molecule has 0 bridgehead atoms. The predicted octanol–water partition coefficient (Wildman–Crippen LogP) is 2.39. The van der Waals surface area contributed by atoms with E-state index in [2.05, 4.69) is 15.0 Å². The topological polar surface area (TPSA) is 93.9 Å². The summed E-state index contributed by atoms with van der Waals surface area (Å²) in [4.78, 5) is 21.4. The minimum absolute atomic E-state index is 0. The van der Waals surface area contributed by atoms with Gasteiger partial charge in [-0.05, 0) is 0 Å².